The van der Waals surface area contributed by atoms with Crippen molar-refractivity contribution in [3.63, 3.8) is 0 Å². The Morgan fingerprint density at radius 1 is 1.17 bits per heavy atom. The van der Waals surface area contributed by atoms with Gasteiger partial charge in [-0.3, -0.25) is 0 Å². The van der Waals surface area contributed by atoms with Gasteiger partial charge in [0.2, 0.25) is 0 Å². The van der Waals surface area contributed by atoms with Crippen LogP contribution < -0.4 is 0 Å². The molecular formula is C15H18N2O. The van der Waals surface area contributed by atoms with Crippen LogP contribution in [0.15, 0.2) is 28.8 Å². The second kappa shape index (κ2) is 3.82. The molecule has 2 unspecified atom stereocenters. The van der Waals surface area contributed by atoms with E-state index in [4.69, 9.17) is 4.52 Å². The van der Waals surface area contributed by atoms with Crippen molar-refractivity contribution in [2.45, 2.75) is 43.7 Å². The molecule has 3 heterocycles. The molecule has 0 N–H and O–H groups in total. The Morgan fingerprint density at radius 3 is 2.67 bits per heavy atom. The van der Waals surface area contributed by atoms with Gasteiger partial charge in [0.05, 0.1) is 5.69 Å². The van der Waals surface area contributed by atoms with Crippen LogP contribution in [0.5, 0.6) is 0 Å². The number of benzene rings is 1. The summed E-state index contributed by atoms with van der Waals surface area (Å²) in [6.45, 7) is 0. The first kappa shape index (κ1) is 10.6. The van der Waals surface area contributed by atoms with Crippen molar-refractivity contribution in [2.24, 2.45) is 0 Å². The molecule has 1 aromatic heterocycles. The number of fused-ring (bicyclic) bond motifs is 3. The summed E-state index contributed by atoms with van der Waals surface area (Å²) in [5, 5.41) is 5.56. The van der Waals surface area contributed by atoms with Gasteiger partial charge in [-0.05, 0) is 44.9 Å². The quantitative estimate of drug-likeness (QED) is 0.769. The topological polar surface area (TPSA) is 29.3 Å². The number of nitrogens with zero attached hydrogens (tertiary/aromatic N) is 2. The zero-order valence-electron chi connectivity index (χ0n) is 10.7. The smallest absolute Gasteiger partial charge is 0.167 e. The van der Waals surface area contributed by atoms with Crippen LogP contribution >= 0.6 is 0 Å². The highest BCUT2D eigenvalue weighted by molar-refractivity contribution is 5.79. The molecule has 0 radical (unpaired) electrons. The number of piperidine rings is 1. The fourth-order valence-electron chi connectivity index (χ4n) is 3.83. The maximum atomic E-state index is 5.46. The molecule has 94 valence electrons. The predicted molar refractivity (Wildman–Crippen MR) is 70.6 cm³/mol. The summed E-state index contributed by atoms with van der Waals surface area (Å²) in [6, 6.07) is 9.74. The molecule has 2 aromatic rings. The molecule has 4 rings (SSSR count). The summed E-state index contributed by atoms with van der Waals surface area (Å²) in [5.41, 5.74) is 2.12. The second-order valence-corrected chi connectivity index (χ2v) is 5.78. The molecule has 1 aromatic carbocycles. The van der Waals surface area contributed by atoms with E-state index in [0.717, 1.165) is 17.7 Å². The molecule has 2 aliphatic rings. The zero-order chi connectivity index (χ0) is 12.1. The van der Waals surface area contributed by atoms with Crippen molar-refractivity contribution in [3.05, 3.63) is 30.0 Å². The van der Waals surface area contributed by atoms with E-state index in [1.165, 1.54) is 36.8 Å². The van der Waals surface area contributed by atoms with Gasteiger partial charge in [0.25, 0.3) is 0 Å². The lowest BCUT2D eigenvalue weighted by molar-refractivity contribution is 0.159. The number of aromatic nitrogens is 1. The normalized spacial score (nSPS) is 32.2. The van der Waals surface area contributed by atoms with Crippen LogP contribution in [0.4, 0.5) is 0 Å². The van der Waals surface area contributed by atoms with Gasteiger partial charge < -0.3 is 9.42 Å². The van der Waals surface area contributed by atoms with Crippen molar-refractivity contribution in [1.29, 1.82) is 0 Å². The Morgan fingerprint density at radius 2 is 1.89 bits per heavy atom. The molecule has 2 atom stereocenters. The van der Waals surface area contributed by atoms with Crippen LogP contribution in [0.1, 0.15) is 37.3 Å². The Labute approximate surface area is 107 Å². The van der Waals surface area contributed by atoms with E-state index < -0.39 is 0 Å². The minimum atomic E-state index is 0.586. The third-order valence-corrected chi connectivity index (χ3v) is 4.89. The first-order valence-electron chi connectivity index (χ1n) is 6.89. The average Bonchev–Trinajstić information content (AvgIpc) is 2.88. The summed E-state index contributed by atoms with van der Waals surface area (Å²) in [4.78, 5) is 2.57. The van der Waals surface area contributed by atoms with Gasteiger partial charge in [-0.15, -0.1) is 0 Å². The third kappa shape index (κ3) is 1.43. The molecule has 18 heavy (non-hydrogen) atoms. The fourth-order valence-corrected chi connectivity index (χ4v) is 3.83. The lowest BCUT2D eigenvalue weighted by Gasteiger charge is -2.35. The summed E-state index contributed by atoms with van der Waals surface area (Å²) >= 11 is 0. The van der Waals surface area contributed by atoms with E-state index in [-0.39, 0.29) is 0 Å². The molecule has 0 spiro atoms. The Kier molecular flexibility index (Phi) is 2.24. The molecule has 0 aliphatic carbocycles. The highest BCUT2D eigenvalue weighted by Gasteiger charge is 2.40. The van der Waals surface area contributed by atoms with Crippen LogP contribution in [-0.4, -0.2) is 29.2 Å². The summed E-state index contributed by atoms with van der Waals surface area (Å²) in [7, 11) is 2.28. The third-order valence-electron chi connectivity index (χ3n) is 4.89. The molecule has 2 bridgehead atoms. The minimum Gasteiger partial charge on any atom is -0.356 e. The molecule has 2 saturated heterocycles. The van der Waals surface area contributed by atoms with Gasteiger partial charge in [0, 0.05) is 23.4 Å². The van der Waals surface area contributed by atoms with Crippen molar-refractivity contribution < 1.29 is 4.52 Å². The maximum absolute atomic E-state index is 5.46. The van der Waals surface area contributed by atoms with Crippen molar-refractivity contribution in [3.8, 4) is 0 Å². The predicted octanol–water partition coefficient (Wildman–Crippen LogP) is 3.17. The number of rotatable bonds is 1. The molecule has 0 amide bonds. The molecule has 3 nitrogen and oxygen atoms in total. The highest BCUT2D eigenvalue weighted by atomic mass is 16.5. The zero-order valence-corrected chi connectivity index (χ0v) is 10.7. The van der Waals surface area contributed by atoms with Crippen LogP contribution in [0.2, 0.25) is 0 Å². The first-order chi connectivity index (χ1) is 8.83. The van der Waals surface area contributed by atoms with E-state index in [9.17, 15) is 0 Å². The minimum absolute atomic E-state index is 0.586. The van der Waals surface area contributed by atoms with Crippen LogP contribution in [0.3, 0.4) is 0 Å². The average molecular weight is 242 g/mol. The molecule has 3 heteroatoms. The maximum Gasteiger partial charge on any atom is 0.167 e. The van der Waals surface area contributed by atoms with Gasteiger partial charge in [0.15, 0.2) is 5.58 Å². The molecule has 2 fully saturated rings. The van der Waals surface area contributed by atoms with E-state index in [2.05, 4.69) is 29.2 Å². The van der Waals surface area contributed by atoms with Gasteiger partial charge in [-0.25, -0.2) is 0 Å². The van der Waals surface area contributed by atoms with Crippen molar-refractivity contribution in [1.82, 2.24) is 10.1 Å². The lowest BCUT2D eigenvalue weighted by atomic mass is 9.87. The van der Waals surface area contributed by atoms with Gasteiger partial charge in [-0.1, -0.05) is 17.3 Å². The van der Waals surface area contributed by atoms with Gasteiger partial charge in [-0.2, -0.15) is 0 Å². The monoisotopic (exact) mass is 242 g/mol. The standard InChI is InChI=1S/C15H18N2O/c1-17-11-6-7-12(17)9-10(8-11)15-13-4-2-3-5-14(13)18-16-15/h2-5,10-12H,6-9H2,1H3. The summed E-state index contributed by atoms with van der Waals surface area (Å²) in [5.74, 6) is 0.586. The lowest BCUT2D eigenvalue weighted by Crippen LogP contribution is -2.39. The molecule has 0 saturated carbocycles. The molecular weight excluding hydrogens is 224 g/mol. The Hall–Kier alpha value is -1.35. The number of para-hydroxylation sites is 1. The highest BCUT2D eigenvalue weighted by Crippen LogP contribution is 2.43. The van der Waals surface area contributed by atoms with Crippen LogP contribution in [0, 0.1) is 0 Å². The van der Waals surface area contributed by atoms with Gasteiger partial charge in [0.1, 0.15) is 0 Å². The van der Waals surface area contributed by atoms with Crippen LogP contribution in [-0.2, 0) is 0 Å². The number of hydrogen-bond acceptors (Lipinski definition) is 3. The van der Waals surface area contributed by atoms with Crippen molar-refractivity contribution in [2.75, 3.05) is 7.05 Å². The summed E-state index contributed by atoms with van der Waals surface area (Å²) in [6.07, 6.45) is 5.19. The first-order valence-corrected chi connectivity index (χ1v) is 6.89. The van der Waals surface area contributed by atoms with Crippen molar-refractivity contribution >= 4 is 11.0 Å². The largest absolute Gasteiger partial charge is 0.356 e. The van der Waals surface area contributed by atoms with Crippen LogP contribution in [0.25, 0.3) is 11.0 Å². The second-order valence-electron chi connectivity index (χ2n) is 5.78. The SMILES string of the molecule is CN1C2CCC1CC(c1noc3ccccc13)C2. The summed E-state index contributed by atoms with van der Waals surface area (Å²) < 4.78 is 5.46. The number of hydrogen-bond donors (Lipinski definition) is 0. The van der Waals surface area contributed by atoms with E-state index in [1.54, 1.807) is 0 Å². The Bertz CT molecular complexity index is 563. The molecule has 2 aliphatic heterocycles. The van der Waals surface area contributed by atoms with E-state index >= 15 is 0 Å². The van der Waals surface area contributed by atoms with E-state index in [1.807, 2.05) is 12.1 Å². The Balaban J connectivity index is 1.72. The van der Waals surface area contributed by atoms with E-state index in [0.29, 0.717) is 5.92 Å². The fraction of sp³-hybridized carbons (Fsp3) is 0.533. The van der Waals surface area contributed by atoms with Gasteiger partial charge >= 0.3 is 0 Å².